The standard InChI is InChI=1S/C20H26Cl2N6O/c1-28(2)17-10-11-23-19(27-17)25-14-8-6-13(7-9-14)12-24-20(29)26-16-5-3-4-15(21)18(16)22/h3-5,10-11,13-14H,6-9,12H2,1-2H3,(H,23,25,27)(H2,24,26,29)/t13-,14+. The molecule has 0 atom stereocenters. The third-order valence-electron chi connectivity index (χ3n) is 5.03. The predicted octanol–water partition coefficient (Wildman–Crippen LogP) is 4.64. The first kappa shape index (κ1) is 21.5. The highest BCUT2D eigenvalue weighted by Crippen LogP contribution is 2.29. The Bertz CT molecular complexity index is 839. The van der Waals surface area contributed by atoms with Crippen molar-refractivity contribution in [1.29, 1.82) is 0 Å². The molecule has 2 amide bonds. The second-order valence-corrected chi connectivity index (χ2v) is 8.22. The lowest BCUT2D eigenvalue weighted by Crippen LogP contribution is -2.36. The van der Waals surface area contributed by atoms with Gasteiger partial charge in [0, 0.05) is 32.9 Å². The van der Waals surface area contributed by atoms with Crippen LogP contribution in [-0.2, 0) is 0 Å². The molecule has 0 unspecified atom stereocenters. The number of hydrogen-bond donors (Lipinski definition) is 3. The summed E-state index contributed by atoms with van der Waals surface area (Å²) < 4.78 is 0. The number of benzene rings is 1. The summed E-state index contributed by atoms with van der Waals surface area (Å²) in [5.74, 6) is 1.99. The van der Waals surface area contributed by atoms with Crippen LogP contribution in [0.4, 0.5) is 22.2 Å². The van der Waals surface area contributed by atoms with Gasteiger partial charge in [0.15, 0.2) is 0 Å². The van der Waals surface area contributed by atoms with Crippen molar-refractivity contribution < 1.29 is 4.79 Å². The number of nitrogens with one attached hydrogen (secondary N) is 3. The Balaban J connectivity index is 1.41. The van der Waals surface area contributed by atoms with Gasteiger partial charge >= 0.3 is 6.03 Å². The van der Waals surface area contributed by atoms with Gasteiger partial charge in [-0.25, -0.2) is 9.78 Å². The van der Waals surface area contributed by atoms with Crippen LogP contribution in [0.1, 0.15) is 25.7 Å². The maximum absolute atomic E-state index is 12.2. The molecule has 3 N–H and O–H groups in total. The lowest BCUT2D eigenvalue weighted by Gasteiger charge is -2.29. The van der Waals surface area contributed by atoms with E-state index in [1.165, 1.54) is 0 Å². The minimum Gasteiger partial charge on any atom is -0.363 e. The molecule has 2 aromatic rings. The summed E-state index contributed by atoms with van der Waals surface area (Å²) >= 11 is 12.1. The molecule has 1 aliphatic rings. The average molecular weight is 437 g/mol. The Kier molecular flexibility index (Phi) is 7.39. The van der Waals surface area contributed by atoms with E-state index < -0.39 is 0 Å². The van der Waals surface area contributed by atoms with Gasteiger partial charge in [-0.3, -0.25) is 0 Å². The summed E-state index contributed by atoms with van der Waals surface area (Å²) in [7, 11) is 3.92. The first-order valence-electron chi connectivity index (χ1n) is 9.68. The number of carbonyl (C=O) groups is 1. The van der Waals surface area contributed by atoms with Gasteiger partial charge in [-0.2, -0.15) is 4.98 Å². The van der Waals surface area contributed by atoms with Crippen molar-refractivity contribution in [3.8, 4) is 0 Å². The first-order valence-corrected chi connectivity index (χ1v) is 10.4. The summed E-state index contributed by atoms with van der Waals surface area (Å²) in [4.78, 5) is 22.9. The van der Waals surface area contributed by atoms with Crippen LogP contribution in [0.5, 0.6) is 0 Å². The van der Waals surface area contributed by atoms with Gasteiger partial charge in [0.05, 0.1) is 15.7 Å². The molecule has 0 radical (unpaired) electrons. The maximum atomic E-state index is 12.2. The SMILES string of the molecule is CN(C)c1ccnc(N[C@H]2CC[C@@H](CNC(=O)Nc3cccc(Cl)c3Cl)CC2)n1. The van der Waals surface area contributed by atoms with E-state index in [0.29, 0.717) is 40.2 Å². The zero-order valence-corrected chi connectivity index (χ0v) is 18.1. The van der Waals surface area contributed by atoms with Crippen molar-refractivity contribution in [2.24, 2.45) is 5.92 Å². The number of urea groups is 1. The van der Waals surface area contributed by atoms with Gasteiger partial charge in [0.25, 0.3) is 0 Å². The zero-order chi connectivity index (χ0) is 20.8. The van der Waals surface area contributed by atoms with Crippen molar-refractivity contribution >= 4 is 46.7 Å². The molecule has 0 aliphatic heterocycles. The fourth-order valence-electron chi connectivity index (χ4n) is 3.37. The molecular formula is C20H26Cl2N6O. The van der Waals surface area contributed by atoms with Crippen LogP contribution in [-0.4, -0.2) is 42.7 Å². The van der Waals surface area contributed by atoms with Crippen molar-refractivity contribution in [1.82, 2.24) is 15.3 Å². The number of carbonyl (C=O) groups excluding carboxylic acids is 1. The van der Waals surface area contributed by atoms with E-state index in [9.17, 15) is 4.79 Å². The molecule has 1 aliphatic carbocycles. The molecule has 0 saturated heterocycles. The van der Waals surface area contributed by atoms with Gasteiger partial charge in [-0.15, -0.1) is 0 Å². The average Bonchev–Trinajstić information content (AvgIpc) is 2.71. The Morgan fingerprint density at radius 3 is 2.66 bits per heavy atom. The van der Waals surface area contributed by atoms with Gasteiger partial charge in [0.1, 0.15) is 5.82 Å². The van der Waals surface area contributed by atoms with Crippen LogP contribution in [0, 0.1) is 5.92 Å². The maximum Gasteiger partial charge on any atom is 0.319 e. The second kappa shape index (κ2) is 9.98. The number of anilines is 3. The third-order valence-corrected chi connectivity index (χ3v) is 5.85. The van der Waals surface area contributed by atoms with Crippen LogP contribution in [0.2, 0.25) is 10.0 Å². The van der Waals surface area contributed by atoms with E-state index in [0.717, 1.165) is 31.5 Å². The molecular weight excluding hydrogens is 411 g/mol. The second-order valence-electron chi connectivity index (χ2n) is 7.43. The van der Waals surface area contributed by atoms with Gasteiger partial charge < -0.3 is 20.9 Å². The Morgan fingerprint density at radius 1 is 1.17 bits per heavy atom. The topological polar surface area (TPSA) is 82.2 Å². The van der Waals surface area contributed by atoms with Crippen LogP contribution in [0.25, 0.3) is 0 Å². The molecule has 1 heterocycles. The lowest BCUT2D eigenvalue weighted by atomic mass is 9.86. The van der Waals surface area contributed by atoms with Crippen molar-refractivity contribution in [3.05, 3.63) is 40.5 Å². The van der Waals surface area contributed by atoms with Crippen LogP contribution >= 0.6 is 23.2 Å². The quantitative estimate of drug-likeness (QED) is 0.613. The summed E-state index contributed by atoms with van der Waals surface area (Å²) in [5.41, 5.74) is 0.504. The first-order chi connectivity index (χ1) is 13.9. The highest BCUT2D eigenvalue weighted by atomic mass is 35.5. The molecule has 3 rings (SSSR count). The van der Waals surface area contributed by atoms with Gasteiger partial charge in [-0.1, -0.05) is 29.3 Å². The van der Waals surface area contributed by atoms with E-state index in [-0.39, 0.29) is 6.03 Å². The molecule has 156 valence electrons. The van der Waals surface area contributed by atoms with Gasteiger partial charge in [-0.05, 0) is 49.8 Å². The molecule has 0 spiro atoms. The van der Waals surface area contributed by atoms with Crippen LogP contribution < -0.4 is 20.9 Å². The fraction of sp³-hybridized carbons (Fsp3) is 0.450. The number of rotatable bonds is 6. The molecule has 7 nitrogen and oxygen atoms in total. The van der Waals surface area contributed by atoms with E-state index in [1.54, 1.807) is 24.4 Å². The van der Waals surface area contributed by atoms with Crippen molar-refractivity contribution in [2.45, 2.75) is 31.7 Å². The third kappa shape index (κ3) is 6.11. The largest absolute Gasteiger partial charge is 0.363 e. The molecule has 1 saturated carbocycles. The highest BCUT2D eigenvalue weighted by Gasteiger charge is 2.22. The van der Waals surface area contributed by atoms with E-state index >= 15 is 0 Å². The van der Waals surface area contributed by atoms with Crippen molar-refractivity contribution in [3.63, 3.8) is 0 Å². The molecule has 1 aromatic heterocycles. The lowest BCUT2D eigenvalue weighted by molar-refractivity contribution is 0.246. The number of halogens is 2. The molecule has 0 bridgehead atoms. The minimum absolute atomic E-state index is 0.275. The predicted molar refractivity (Wildman–Crippen MR) is 119 cm³/mol. The number of aromatic nitrogens is 2. The summed E-state index contributed by atoms with van der Waals surface area (Å²) in [5, 5.41) is 9.86. The smallest absolute Gasteiger partial charge is 0.319 e. The van der Waals surface area contributed by atoms with Gasteiger partial charge in [0.2, 0.25) is 5.95 Å². The summed E-state index contributed by atoms with van der Waals surface area (Å²) in [6.07, 6.45) is 5.87. The monoisotopic (exact) mass is 436 g/mol. The van der Waals surface area contributed by atoms with Crippen LogP contribution in [0.15, 0.2) is 30.5 Å². The van der Waals surface area contributed by atoms with Crippen molar-refractivity contribution in [2.75, 3.05) is 36.2 Å². The molecule has 1 aromatic carbocycles. The highest BCUT2D eigenvalue weighted by molar-refractivity contribution is 6.43. The summed E-state index contributed by atoms with van der Waals surface area (Å²) in [6.45, 7) is 0.628. The van der Waals surface area contributed by atoms with E-state index in [1.807, 2.05) is 25.1 Å². The Labute approximate surface area is 181 Å². The normalized spacial score (nSPS) is 18.8. The zero-order valence-electron chi connectivity index (χ0n) is 16.6. The molecule has 29 heavy (non-hydrogen) atoms. The molecule has 9 heteroatoms. The molecule has 1 fully saturated rings. The van der Waals surface area contributed by atoms with E-state index in [4.69, 9.17) is 23.2 Å². The Hall–Kier alpha value is -2.25. The Morgan fingerprint density at radius 2 is 1.93 bits per heavy atom. The summed E-state index contributed by atoms with van der Waals surface area (Å²) in [6, 6.07) is 7.11. The minimum atomic E-state index is -0.275. The number of amides is 2. The van der Waals surface area contributed by atoms with E-state index in [2.05, 4.69) is 25.9 Å². The number of hydrogen-bond acceptors (Lipinski definition) is 5. The van der Waals surface area contributed by atoms with Crippen LogP contribution in [0.3, 0.4) is 0 Å². The number of nitrogens with zero attached hydrogens (tertiary/aromatic N) is 3. The fourth-order valence-corrected chi connectivity index (χ4v) is 3.71.